The van der Waals surface area contributed by atoms with Crippen LogP contribution in [0.1, 0.15) is 69.7 Å². The number of amides is 1. The molecule has 1 saturated heterocycles. The van der Waals surface area contributed by atoms with Crippen molar-refractivity contribution in [1.82, 2.24) is 9.62 Å². The predicted molar refractivity (Wildman–Crippen MR) is 117 cm³/mol. The quantitative estimate of drug-likeness (QED) is 0.534. The number of carbonyl (C=O) groups is 1. The minimum atomic E-state index is -3.51. The number of hydrogen-bond donors (Lipinski definition) is 2. The SMILES string of the molecule is CCCN(CCC)S(=O)(=O)c1ccc(C(=O)NCCC[NH+]2CCCC[C@@H]2C)cc1. The maximum absolute atomic E-state index is 12.8. The largest absolute Gasteiger partial charge is 0.352 e. The normalized spacial score (nSPS) is 20.0. The van der Waals surface area contributed by atoms with Crippen LogP contribution in [0.5, 0.6) is 0 Å². The summed E-state index contributed by atoms with van der Waals surface area (Å²) in [7, 11) is -3.51. The highest BCUT2D eigenvalue weighted by atomic mass is 32.2. The molecular formula is C22H38N3O3S+. The van der Waals surface area contributed by atoms with Crippen molar-refractivity contribution >= 4 is 15.9 Å². The van der Waals surface area contributed by atoms with Gasteiger partial charge in [-0.3, -0.25) is 4.79 Å². The molecule has 1 unspecified atom stereocenters. The fourth-order valence-corrected chi connectivity index (χ4v) is 5.65. The zero-order valence-electron chi connectivity index (χ0n) is 18.2. The van der Waals surface area contributed by atoms with E-state index in [1.165, 1.54) is 30.1 Å². The van der Waals surface area contributed by atoms with Crippen molar-refractivity contribution < 1.29 is 18.1 Å². The van der Waals surface area contributed by atoms with Gasteiger partial charge in [0.15, 0.2) is 0 Å². The second-order valence-corrected chi connectivity index (χ2v) is 10.0. The van der Waals surface area contributed by atoms with Crippen LogP contribution in [0.15, 0.2) is 29.2 Å². The van der Waals surface area contributed by atoms with Gasteiger partial charge >= 0.3 is 0 Å². The van der Waals surface area contributed by atoms with Gasteiger partial charge in [-0.1, -0.05) is 13.8 Å². The van der Waals surface area contributed by atoms with Gasteiger partial charge in [-0.2, -0.15) is 4.31 Å². The smallest absolute Gasteiger partial charge is 0.251 e. The Balaban J connectivity index is 1.87. The highest BCUT2D eigenvalue weighted by Gasteiger charge is 2.23. The molecule has 6 nitrogen and oxygen atoms in total. The zero-order chi connectivity index (χ0) is 21.3. The Kier molecular flexibility index (Phi) is 9.59. The van der Waals surface area contributed by atoms with Crippen molar-refractivity contribution in [1.29, 1.82) is 0 Å². The molecule has 0 bridgehead atoms. The van der Waals surface area contributed by atoms with Crippen LogP contribution in [0, 0.1) is 0 Å². The molecule has 2 N–H and O–H groups in total. The summed E-state index contributed by atoms with van der Waals surface area (Å²) in [5.74, 6) is -0.144. The van der Waals surface area contributed by atoms with Gasteiger partial charge in [-0.05, 0) is 63.3 Å². The number of carbonyl (C=O) groups excluding carboxylic acids is 1. The van der Waals surface area contributed by atoms with E-state index in [1.54, 1.807) is 29.2 Å². The fourth-order valence-electron chi connectivity index (χ4n) is 4.02. The topological polar surface area (TPSA) is 70.9 Å². The monoisotopic (exact) mass is 424 g/mol. The number of piperidine rings is 1. The van der Waals surface area contributed by atoms with Gasteiger partial charge in [0.2, 0.25) is 10.0 Å². The first kappa shape index (κ1) is 23.8. The molecule has 7 heteroatoms. The molecule has 2 atom stereocenters. The Bertz CT molecular complexity index is 728. The molecule has 1 aliphatic rings. The second kappa shape index (κ2) is 11.7. The van der Waals surface area contributed by atoms with E-state index in [2.05, 4.69) is 12.2 Å². The van der Waals surface area contributed by atoms with Gasteiger partial charge in [0.1, 0.15) is 0 Å². The summed E-state index contributed by atoms with van der Waals surface area (Å²) in [5.41, 5.74) is 0.500. The van der Waals surface area contributed by atoms with E-state index in [0.29, 0.717) is 31.2 Å². The summed E-state index contributed by atoms with van der Waals surface area (Å²) in [5, 5.41) is 2.96. The lowest BCUT2D eigenvalue weighted by Crippen LogP contribution is -3.16. The number of nitrogens with zero attached hydrogens (tertiary/aromatic N) is 1. The average Bonchev–Trinajstić information content (AvgIpc) is 2.72. The average molecular weight is 425 g/mol. The third-order valence-corrected chi connectivity index (χ3v) is 7.66. The van der Waals surface area contributed by atoms with E-state index in [4.69, 9.17) is 0 Å². The molecule has 2 rings (SSSR count). The molecule has 0 radical (unpaired) electrons. The molecule has 1 aliphatic heterocycles. The Hall–Kier alpha value is -1.44. The van der Waals surface area contributed by atoms with Crippen LogP contribution in [-0.4, -0.2) is 57.4 Å². The van der Waals surface area contributed by atoms with Crippen LogP contribution in [-0.2, 0) is 10.0 Å². The third kappa shape index (κ3) is 6.79. The molecule has 1 amide bonds. The molecule has 0 aromatic heterocycles. The number of rotatable bonds is 11. The van der Waals surface area contributed by atoms with Crippen LogP contribution in [0.2, 0.25) is 0 Å². The summed E-state index contributed by atoms with van der Waals surface area (Å²) in [6.45, 7) is 10.2. The van der Waals surface area contributed by atoms with E-state index in [-0.39, 0.29) is 10.8 Å². The standard InChI is InChI=1S/C22H37N3O3S/c1-4-15-25(16-5-2)29(27,28)21-12-10-20(11-13-21)22(26)23-14-8-18-24-17-7-6-9-19(24)3/h10-13,19H,4-9,14-18H2,1-3H3,(H,23,26)/p+1/t19-/m0/s1. The first-order chi connectivity index (χ1) is 13.9. The molecule has 1 aromatic rings. The minimum absolute atomic E-state index is 0.144. The molecule has 1 fully saturated rings. The van der Waals surface area contributed by atoms with E-state index in [1.807, 2.05) is 13.8 Å². The summed E-state index contributed by atoms with van der Waals surface area (Å²) in [6.07, 6.45) is 6.44. The number of benzene rings is 1. The van der Waals surface area contributed by atoms with Gasteiger partial charge in [-0.25, -0.2) is 8.42 Å². The Labute approximate surface area is 176 Å². The number of likely N-dealkylation sites (tertiary alicyclic amines) is 1. The van der Waals surface area contributed by atoms with Crippen LogP contribution in [0.3, 0.4) is 0 Å². The van der Waals surface area contributed by atoms with Gasteiger partial charge in [-0.15, -0.1) is 0 Å². The van der Waals surface area contributed by atoms with Gasteiger partial charge in [0.25, 0.3) is 5.91 Å². The molecule has 0 aliphatic carbocycles. The zero-order valence-corrected chi connectivity index (χ0v) is 19.1. The number of nitrogens with one attached hydrogen (secondary N) is 2. The Morgan fingerprint density at radius 2 is 1.79 bits per heavy atom. The van der Waals surface area contributed by atoms with E-state index < -0.39 is 10.0 Å². The second-order valence-electron chi connectivity index (χ2n) is 8.09. The van der Waals surface area contributed by atoms with Gasteiger partial charge in [0.05, 0.1) is 24.0 Å². The van der Waals surface area contributed by atoms with Gasteiger partial charge in [0, 0.05) is 31.6 Å². The molecule has 164 valence electrons. The molecule has 1 heterocycles. The van der Waals surface area contributed by atoms with Gasteiger partial charge < -0.3 is 10.2 Å². The number of hydrogen-bond acceptors (Lipinski definition) is 3. The molecular weight excluding hydrogens is 386 g/mol. The minimum Gasteiger partial charge on any atom is -0.352 e. The first-order valence-electron chi connectivity index (χ1n) is 11.1. The van der Waals surface area contributed by atoms with Crippen molar-refractivity contribution in [3.63, 3.8) is 0 Å². The van der Waals surface area contributed by atoms with E-state index in [9.17, 15) is 13.2 Å². The number of sulfonamides is 1. The summed E-state index contributed by atoms with van der Waals surface area (Å²) in [6, 6.07) is 7.02. The predicted octanol–water partition coefficient (Wildman–Crippen LogP) is 2.07. The highest BCUT2D eigenvalue weighted by Crippen LogP contribution is 2.17. The number of quaternary nitrogens is 1. The first-order valence-corrected chi connectivity index (χ1v) is 12.6. The van der Waals surface area contributed by atoms with Crippen LogP contribution < -0.4 is 10.2 Å². The molecule has 0 spiro atoms. The Morgan fingerprint density at radius 3 is 2.38 bits per heavy atom. The van der Waals surface area contributed by atoms with E-state index in [0.717, 1.165) is 25.8 Å². The van der Waals surface area contributed by atoms with Crippen molar-refractivity contribution in [3.8, 4) is 0 Å². The highest BCUT2D eigenvalue weighted by molar-refractivity contribution is 7.89. The van der Waals surface area contributed by atoms with Crippen LogP contribution in [0.25, 0.3) is 0 Å². The molecule has 1 aromatic carbocycles. The lowest BCUT2D eigenvalue weighted by atomic mass is 10.0. The summed E-state index contributed by atoms with van der Waals surface area (Å²) in [4.78, 5) is 14.3. The molecule has 0 saturated carbocycles. The Morgan fingerprint density at radius 1 is 1.14 bits per heavy atom. The molecule has 29 heavy (non-hydrogen) atoms. The van der Waals surface area contributed by atoms with Crippen molar-refractivity contribution in [3.05, 3.63) is 29.8 Å². The van der Waals surface area contributed by atoms with Crippen molar-refractivity contribution in [2.75, 3.05) is 32.7 Å². The summed E-state index contributed by atoms with van der Waals surface area (Å²) >= 11 is 0. The van der Waals surface area contributed by atoms with Crippen LogP contribution >= 0.6 is 0 Å². The third-order valence-electron chi connectivity index (χ3n) is 5.74. The lowest BCUT2D eigenvalue weighted by molar-refractivity contribution is -0.928. The van der Waals surface area contributed by atoms with E-state index >= 15 is 0 Å². The maximum Gasteiger partial charge on any atom is 0.251 e. The lowest BCUT2D eigenvalue weighted by Gasteiger charge is -2.30. The summed E-state index contributed by atoms with van der Waals surface area (Å²) < 4.78 is 27.1. The van der Waals surface area contributed by atoms with Crippen LogP contribution in [0.4, 0.5) is 0 Å². The fraction of sp³-hybridized carbons (Fsp3) is 0.682. The maximum atomic E-state index is 12.8. The van der Waals surface area contributed by atoms with Crippen molar-refractivity contribution in [2.45, 2.75) is 70.2 Å². The van der Waals surface area contributed by atoms with Crippen molar-refractivity contribution in [2.24, 2.45) is 0 Å².